The van der Waals surface area contributed by atoms with Gasteiger partial charge in [-0.2, -0.15) is 23.5 Å². The molecule has 2 heterocycles. The molecular formula is C16H21ClO2S2. The number of ether oxygens (including phenoxy) is 1. The molecular weight excluding hydrogens is 324 g/mol. The molecule has 1 saturated heterocycles. The van der Waals surface area contributed by atoms with Crippen LogP contribution in [0, 0.1) is 0 Å². The minimum atomic E-state index is -0.334. The first-order valence-electron chi connectivity index (χ1n) is 7.54. The molecule has 5 heteroatoms. The Morgan fingerprint density at radius 2 is 2.19 bits per heavy atom. The van der Waals surface area contributed by atoms with Crippen LogP contribution in [0.2, 0.25) is 5.02 Å². The van der Waals surface area contributed by atoms with E-state index in [2.05, 4.69) is 6.92 Å². The average Bonchev–Trinajstić information content (AvgIpc) is 2.95. The number of hydrogen-bond donors (Lipinski definition) is 1. The van der Waals surface area contributed by atoms with Gasteiger partial charge in [0.25, 0.3) is 0 Å². The number of hydrogen-bond acceptors (Lipinski definition) is 4. The van der Waals surface area contributed by atoms with Crippen molar-refractivity contribution in [2.75, 3.05) is 18.1 Å². The first kappa shape index (κ1) is 15.9. The lowest BCUT2D eigenvalue weighted by atomic mass is 9.99. The van der Waals surface area contributed by atoms with E-state index in [9.17, 15) is 5.11 Å². The molecule has 21 heavy (non-hydrogen) atoms. The van der Waals surface area contributed by atoms with E-state index >= 15 is 0 Å². The Kier molecular flexibility index (Phi) is 5.31. The number of thioether (sulfide) groups is 2. The molecule has 1 N–H and O–H groups in total. The molecule has 2 aliphatic heterocycles. The van der Waals surface area contributed by atoms with Crippen LogP contribution < -0.4 is 4.74 Å². The molecule has 3 rings (SSSR count). The summed E-state index contributed by atoms with van der Waals surface area (Å²) in [6.07, 6.45) is 2.34. The van der Waals surface area contributed by atoms with Crippen molar-refractivity contribution in [3.05, 3.63) is 28.3 Å². The average molecular weight is 345 g/mol. The zero-order valence-electron chi connectivity index (χ0n) is 12.2. The maximum Gasteiger partial charge on any atom is 0.126 e. The second-order valence-electron chi connectivity index (χ2n) is 5.58. The molecule has 0 aliphatic carbocycles. The molecule has 0 amide bonds. The summed E-state index contributed by atoms with van der Waals surface area (Å²) in [5, 5.41) is 12.3. The minimum Gasteiger partial charge on any atom is -0.493 e. The largest absolute Gasteiger partial charge is 0.493 e. The minimum absolute atomic E-state index is 0.310. The van der Waals surface area contributed by atoms with Crippen LogP contribution in [-0.2, 0) is 12.8 Å². The van der Waals surface area contributed by atoms with Gasteiger partial charge in [-0.1, -0.05) is 18.5 Å². The monoisotopic (exact) mass is 344 g/mol. The lowest BCUT2D eigenvalue weighted by Crippen LogP contribution is -2.37. The number of benzene rings is 1. The Hall–Kier alpha value is -0.0300. The quantitative estimate of drug-likeness (QED) is 0.899. The number of aliphatic hydroxyl groups is 1. The SMILES string of the molecule is CCC1SCCSC1C(O)Cc1cc(Cl)cc2c1OCC2. The highest BCUT2D eigenvalue weighted by Crippen LogP contribution is 2.38. The van der Waals surface area contributed by atoms with Crippen LogP contribution in [0.4, 0.5) is 0 Å². The van der Waals surface area contributed by atoms with Gasteiger partial charge in [0.05, 0.1) is 12.7 Å². The summed E-state index contributed by atoms with van der Waals surface area (Å²) in [7, 11) is 0. The second-order valence-corrected chi connectivity index (χ2v) is 8.65. The lowest BCUT2D eigenvalue weighted by molar-refractivity contribution is 0.168. The zero-order chi connectivity index (χ0) is 14.8. The summed E-state index contributed by atoms with van der Waals surface area (Å²) in [5.41, 5.74) is 2.25. The van der Waals surface area contributed by atoms with E-state index in [1.54, 1.807) is 0 Å². The molecule has 0 radical (unpaired) electrons. The van der Waals surface area contributed by atoms with Gasteiger partial charge >= 0.3 is 0 Å². The van der Waals surface area contributed by atoms with E-state index in [1.165, 1.54) is 11.3 Å². The van der Waals surface area contributed by atoms with Crippen LogP contribution in [0.5, 0.6) is 5.75 Å². The van der Waals surface area contributed by atoms with Crippen molar-refractivity contribution < 1.29 is 9.84 Å². The maximum absolute atomic E-state index is 10.7. The number of aliphatic hydroxyl groups excluding tert-OH is 1. The number of fused-ring (bicyclic) bond motifs is 1. The Labute approximate surface area is 140 Å². The van der Waals surface area contributed by atoms with E-state index in [0.717, 1.165) is 41.5 Å². The third kappa shape index (κ3) is 3.49. The van der Waals surface area contributed by atoms with Crippen LogP contribution in [0.25, 0.3) is 0 Å². The van der Waals surface area contributed by atoms with E-state index in [4.69, 9.17) is 16.3 Å². The first-order chi connectivity index (χ1) is 10.2. The summed E-state index contributed by atoms with van der Waals surface area (Å²) in [6.45, 7) is 2.94. The molecule has 2 aliphatic rings. The smallest absolute Gasteiger partial charge is 0.126 e. The van der Waals surface area contributed by atoms with Crippen LogP contribution in [-0.4, -0.2) is 39.8 Å². The van der Waals surface area contributed by atoms with E-state index in [0.29, 0.717) is 16.9 Å². The van der Waals surface area contributed by atoms with Crippen molar-refractivity contribution >= 4 is 35.1 Å². The summed E-state index contributed by atoms with van der Waals surface area (Å²) >= 11 is 10.1. The summed E-state index contributed by atoms with van der Waals surface area (Å²) in [5.74, 6) is 3.29. The van der Waals surface area contributed by atoms with Crippen LogP contribution >= 0.6 is 35.1 Å². The summed E-state index contributed by atoms with van der Waals surface area (Å²) in [4.78, 5) is 0. The standard InChI is InChI=1S/C16H21ClO2S2/c1-2-14-16(21-6-5-20-14)13(18)9-11-8-12(17)7-10-3-4-19-15(10)11/h7-8,13-14,16,18H,2-6,9H2,1H3. The van der Waals surface area contributed by atoms with Crippen molar-refractivity contribution in [1.82, 2.24) is 0 Å². The van der Waals surface area contributed by atoms with Gasteiger partial charge in [-0.05, 0) is 29.7 Å². The Bertz CT molecular complexity index is 509. The highest BCUT2D eigenvalue weighted by atomic mass is 35.5. The molecule has 0 spiro atoms. The van der Waals surface area contributed by atoms with Crippen LogP contribution in [0.15, 0.2) is 12.1 Å². The van der Waals surface area contributed by atoms with Gasteiger partial charge in [0.1, 0.15) is 5.75 Å². The fourth-order valence-corrected chi connectivity index (χ4v) is 6.55. The maximum atomic E-state index is 10.7. The Morgan fingerprint density at radius 1 is 1.38 bits per heavy atom. The molecule has 1 aromatic rings. The van der Waals surface area contributed by atoms with Gasteiger partial charge in [0, 0.05) is 39.9 Å². The molecule has 1 aromatic carbocycles. The van der Waals surface area contributed by atoms with Crippen LogP contribution in [0.3, 0.4) is 0 Å². The molecule has 1 fully saturated rings. The van der Waals surface area contributed by atoms with Crippen molar-refractivity contribution in [2.45, 2.75) is 42.8 Å². The van der Waals surface area contributed by atoms with Crippen molar-refractivity contribution in [3.8, 4) is 5.75 Å². The lowest BCUT2D eigenvalue weighted by Gasteiger charge is -2.33. The zero-order valence-corrected chi connectivity index (χ0v) is 14.6. The van der Waals surface area contributed by atoms with Crippen LogP contribution in [0.1, 0.15) is 24.5 Å². The number of rotatable bonds is 4. The van der Waals surface area contributed by atoms with E-state index in [-0.39, 0.29) is 6.10 Å². The fourth-order valence-electron chi connectivity index (χ4n) is 3.13. The Balaban J connectivity index is 1.77. The predicted octanol–water partition coefficient (Wildman–Crippen LogP) is 3.81. The molecule has 2 nitrogen and oxygen atoms in total. The fraction of sp³-hybridized carbons (Fsp3) is 0.625. The topological polar surface area (TPSA) is 29.5 Å². The Morgan fingerprint density at radius 3 is 3.00 bits per heavy atom. The highest BCUT2D eigenvalue weighted by molar-refractivity contribution is 8.07. The predicted molar refractivity (Wildman–Crippen MR) is 93.1 cm³/mol. The van der Waals surface area contributed by atoms with E-state index in [1.807, 2.05) is 35.7 Å². The van der Waals surface area contributed by atoms with Gasteiger partial charge in [0.15, 0.2) is 0 Å². The summed E-state index contributed by atoms with van der Waals surface area (Å²) in [6, 6.07) is 3.94. The molecule has 0 bridgehead atoms. The number of halogens is 1. The third-order valence-electron chi connectivity index (χ3n) is 4.13. The van der Waals surface area contributed by atoms with Gasteiger partial charge in [-0.15, -0.1) is 0 Å². The summed E-state index contributed by atoms with van der Waals surface area (Å²) < 4.78 is 5.74. The molecule has 0 saturated carbocycles. The van der Waals surface area contributed by atoms with E-state index < -0.39 is 0 Å². The molecule has 3 atom stereocenters. The van der Waals surface area contributed by atoms with Gasteiger partial charge in [0.2, 0.25) is 0 Å². The highest BCUT2D eigenvalue weighted by Gasteiger charge is 2.32. The van der Waals surface area contributed by atoms with Crippen molar-refractivity contribution in [1.29, 1.82) is 0 Å². The third-order valence-corrected chi connectivity index (χ3v) is 7.74. The van der Waals surface area contributed by atoms with Crippen molar-refractivity contribution in [3.63, 3.8) is 0 Å². The molecule has 3 unspecified atom stereocenters. The first-order valence-corrected chi connectivity index (χ1v) is 10.0. The molecule has 116 valence electrons. The van der Waals surface area contributed by atoms with Gasteiger partial charge in [-0.25, -0.2) is 0 Å². The van der Waals surface area contributed by atoms with Gasteiger partial charge in [-0.3, -0.25) is 0 Å². The van der Waals surface area contributed by atoms with Gasteiger partial charge < -0.3 is 9.84 Å². The molecule has 0 aromatic heterocycles. The van der Waals surface area contributed by atoms with Crippen molar-refractivity contribution in [2.24, 2.45) is 0 Å². The second kappa shape index (κ2) is 7.03. The normalized spacial score (nSPS) is 26.2.